The number of likely N-dealkylation sites (tertiary alicyclic amines) is 1. The molecule has 0 atom stereocenters. The van der Waals surface area contributed by atoms with Gasteiger partial charge in [0.25, 0.3) is 0 Å². The molecule has 132 valence electrons. The van der Waals surface area contributed by atoms with Gasteiger partial charge in [0.15, 0.2) is 0 Å². The molecule has 0 saturated carbocycles. The van der Waals surface area contributed by atoms with Crippen LogP contribution in [0.15, 0.2) is 0 Å². The van der Waals surface area contributed by atoms with Gasteiger partial charge in [-0.05, 0) is 44.8 Å². The van der Waals surface area contributed by atoms with Crippen LogP contribution in [0.25, 0.3) is 0 Å². The smallest absolute Gasteiger partial charge is 0.0474 e. The third-order valence-corrected chi connectivity index (χ3v) is 4.96. The first-order chi connectivity index (χ1) is 10.8. The van der Waals surface area contributed by atoms with Crippen molar-refractivity contribution in [3.8, 4) is 0 Å². The summed E-state index contributed by atoms with van der Waals surface area (Å²) in [5.41, 5.74) is 0. The molecule has 22 heavy (non-hydrogen) atoms. The molecule has 0 radical (unpaired) electrons. The van der Waals surface area contributed by atoms with Gasteiger partial charge in [0.05, 0.1) is 0 Å². The zero-order chi connectivity index (χ0) is 16.2. The van der Waals surface area contributed by atoms with E-state index in [0.717, 1.165) is 12.5 Å². The van der Waals surface area contributed by atoms with E-state index in [1.54, 1.807) is 7.11 Å². The van der Waals surface area contributed by atoms with Crippen LogP contribution in [0.1, 0.15) is 40.0 Å². The summed E-state index contributed by atoms with van der Waals surface area (Å²) in [6.45, 7) is 18.6. The van der Waals surface area contributed by atoms with Gasteiger partial charge in [-0.1, -0.05) is 20.8 Å². The van der Waals surface area contributed by atoms with E-state index in [1.807, 2.05) is 13.8 Å². The number of rotatable bonds is 7. The second kappa shape index (κ2) is 12.3. The molecule has 0 unspecified atom stereocenters. The highest BCUT2D eigenvalue weighted by atomic mass is 16.5. The lowest BCUT2D eigenvalue weighted by Gasteiger charge is -2.38. The molecule has 2 aliphatic rings. The number of hydrogen-bond acceptors (Lipinski definition) is 4. The van der Waals surface area contributed by atoms with Crippen molar-refractivity contribution in [2.24, 2.45) is 5.92 Å². The number of ether oxygens (including phenoxy) is 1. The normalized spacial score (nSPS) is 22.4. The van der Waals surface area contributed by atoms with Crippen molar-refractivity contribution >= 4 is 0 Å². The highest BCUT2D eigenvalue weighted by Gasteiger charge is 2.23. The molecule has 2 heterocycles. The van der Waals surface area contributed by atoms with Gasteiger partial charge in [0.2, 0.25) is 0 Å². The fourth-order valence-electron chi connectivity index (χ4n) is 3.48. The van der Waals surface area contributed by atoms with E-state index < -0.39 is 0 Å². The number of piperazine rings is 1. The lowest BCUT2D eigenvalue weighted by atomic mass is 9.96. The number of methoxy groups -OCH3 is 1. The first-order valence-corrected chi connectivity index (χ1v) is 9.47. The molecule has 0 spiro atoms. The molecule has 4 heteroatoms. The number of hydrogen-bond donors (Lipinski definition) is 0. The largest absolute Gasteiger partial charge is 0.385 e. The van der Waals surface area contributed by atoms with E-state index in [9.17, 15) is 0 Å². The summed E-state index contributed by atoms with van der Waals surface area (Å²) in [7, 11) is 1.79. The Morgan fingerprint density at radius 1 is 0.864 bits per heavy atom. The molecule has 2 saturated heterocycles. The van der Waals surface area contributed by atoms with Crippen LogP contribution in [0.4, 0.5) is 0 Å². The summed E-state index contributed by atoms with van der Waals surface area (Å²) in [5.74, 6) is 0.942. The predicted molar refractivity (Wildman–Crippen MR) is 95.6 cm³/mol. The topological polar surface area (TPSA) is 19.0 Å². The minimum absolute atomic E-state index is 0.899. The molecule has 0 aromatic carbocycles. The summed E-state index contributed by atoms with van der Waals surface area (Å²) >= 11 is 0. The fraction of sp³-hybridized carbons (Fsp3) is 1.00. The molecule has 0 aliphatic carbocycles. The van der Waals surface area contributed by atoms with Crippen molar-refractivity contribution < 1.29 is 4.74 Å². The van der Waals surface area contributed by atoms with Crippen LogP contribution in [-0.2, 0) is 4.74 Å². The Bertz CT molecular complexity index is 247. The molecule has 0 amide bonds. The van der Waals surface area contributed by atoms with Crippen molar-refractivity contribution in [2.45, 2.75) is 40.0 Å². The highest BCUT2D eigenvalue weighted by molar-refractivity contribution is 4.78. The summed E-state index contributed by atoms with van der Waals surface area (Å²) in [6.07, 6.45) is 3.98. The van der Waals surface area contributed by atoms with Gasteiger partial charge < -0.3 is 19.4 Å². The van der Waals surface area contributed by atoms with Gasteiger partial charge in [-0.25, -0.2) is 0 Å². The predicted octanol–water partition coefficient (Wildman–Crippen LogP) is 2.40. The fourth-order valence-corrected chi connectivity index (χ4v) is 3.48. The van der Waals surface area contributed by atoms with Crippen LogP contribution in [0.3, 0.4) is 0 Å². The Hall–Kier alpha value is -0.160. The van der Waals surface area contributed by atoms with Crippen LogP contribution in [-0.4, -0.2) is 87.3 Å². The van der Waals surface area contributed by atoms with Crippen LogP contribution in [0.2, 0.25) is 0 Å². The van der Waals surface area contributed by atoms with Crippen molar-refractivity contribution in [3.05, 3.63) is 0 Å². The maximum Gasteiger partial charge on any atom is 0.0474 e. The first-order valence-electron chi connectivity index (χ1n) is 9.47. The summed E-state index contributed by atoms with van der Waals surface area (Å²) < 4.78 is 5.13. The van der Waals surface area contributed by atoms with Gasteiger partial charge in [-0.15, -0.1) is 0 Å². The lowest BCUT2D eigenvalue weighted by Crippen LogP contribution is -2.49. The monoisotopic (exact) mass is 313 g/mol. The number of piperidine rings is 1. The molecule has 2 aliphatic heterocycles. The Labute approximate surface area is 138 Å². The van der Waals surface area contributed by atoms with Crippen LogP contribution < -0.4 is 0 Å². The van der Waals surface area contributed by atoms with Gasteiger partial charge in [0, 0.05) is 53.0 Å². The third kappa shape index (κ3) is 7.40. The minimum atomic E-state index is 0.899. The Balaban J connectivity index is 0.00000116. The molecular formula is C18H39N3O. The molecular weight excluding hydrogens is 274 g/mol. The van der Waals surface area contributed by atoms with E-state index >= 15 is 0 Å². The molecule has 0 aromatic rings. The van der Waals surface area contributed by atoms with Crippen molar-refractivity contribution in [1.29, 1.82) is 0 Å². The maximum atomic E-state index is 5.13. The molecule has 2 fully saturated rings. The summed E-state index contributed by atoms with van der Waals surface area (Å²) in [6, 6.07) is 0. The van der Waals surface area contributed by atoms with Gasteiger partial charge in [-0.3, -0.25) is 0 Å². The zero-order valence-corrected chi connectivity index (χ0v) is 15.5. The van der Waals surface area contributed by atoms with Crippen molar-refractivity contribution in [2.75, 3.05) is 72.6 Å². The summed E-state index contributed by atoms with van der Waals surface area (Å²) in [5, 5.41) is 0. The maximum absolute atomic E-state index is 5.13. The molecule has 0 bridgehead atoms. The second-order valence-corrected chi connectivity index (χ2v) is 6.37. The van der Waals surface area contributed by atoms with Crippen LogP contribution >= 0.6 is 0 Å². The van der Waals surface area contributed by atoms with E-state index in [-0.39, 0.29) is 0 Å². The Morgan fingerprint density at radius 2 is 1.45 bits per heavy atom. The van der Waals surface area contributed by atoms with Crippen LogP contribution in [0, 0.1) is 5.92 Å². The van der Waals surface area contributed by atoms with Crippen LogP contribution in [0.5, 0.6) is 0 Å². The van der Waals surface area contributed by atoms with Gasteiger partial charge in [0.1, 0.15) is 0 Å². The van der Waals surface area contributed by atoms with E-state index in [0.29, 0.717) is 0 Å². The summed E-state index contributed by atoms with van der Waals surface area (Å²) in [4.78, 5) is 7.87. The third-order valence-electron chi connectivity index (χ3n) is 4.96. The molecule has 0 N–H and O–H groups in total. The van der Waals surface area contributed by atoms with Crippen molar-refractivity contribution in [1.82, 2.24) is 14.7 Å². The number of nitrogens with zero attached hydrogens (tertiary/aromatic N) is 3. The van der Waals surface area contributed by atoms with E-state index in [1.165, 1.54) is 78.2 Å². The Morgan fingerprint density at radius 3 is 2.00 bits per heavy atom. The molecule has 4 nitrogen and oxygen atoms in total. The average molecular weight is 314 g/mol. The zero-order valence-electron chi connectivity index (χ0n) is 15.5. The molecule has 2 rings (SSSR count). The minimum Gasteiger partial charge on any atom is -0.385 e. The van der Waals surface area contributed by atoms with Gasteiger partial charge >= 0.3 is 0 Å². The first kappa shape index (κ1) is 19.9. The lowest BCUT2D eigenvalue weighted by molar-refractivity contribution is 0.0898. The van der Waals surface area contributed by atoms with E-state index in [4.69, 9.17) is 4.74 Å². The average Bonchev–Trinajstić information content (AvgIpc) is 2.59. The standard InChI is InChI=1S/C16H33N3O.C2H6/c1-3-17-8-5-16(6-9-17)15-19-12-10-18(11-13-19)7-4-14-20-2;1-2/h16H,3-15H2,1-2H3;1-2H3. The van der Waals surface area contributed by atoms with Crippen molar-refractivity contribution in [3.63, 3.8) is 0 Å². The molecule has 0 aromatic heterocycles. The Kier molecular flexibility index (Phi) is 11.1. The van der Waals surface area contributed by atoms with E-state index in [2.05, 4.69) is 21.6 Å². The second-order valence-electron chi connectivity index (χ2n) is 6.37. The quantitative estimate of drug-likeness (QED) is 0.672. The van der Waals surface area contributed by atoms with Gasteiger partial charge in [-0.2, -0.15) is 0 Å². The SMILES string of the molecule is CC.CCN1CCC(CN2CCN(CCCOC)CC2)CC1. The highest BCUT2D eigenvalue weighted by Crippen LogP contribution is 2.18.